The number of hydrogen-bond acceptors (Lipinski definition) is 6. The fourth-order valence-corrected chi connectivity index (χ4v) is 2.87. The number of ketones is 1. The second kappa shape index (κ2) is 7.42. The van der Waals surface area contributed by atoms with E-state index >= 15 is 0 Å². The third-order valence-electron chi connectivity index (χ3n) is 4.32. The number of rotatable bonds is 7. The van der Waals surface area contributed by atoms with Crippen LogP contribution < -0.4 is 5.73 Å². The minimum absolute atomic E-state index is 0.0286. The number of aromatic hydroxyl groups is 1. The minimum Gasteiger partial charge on any atom is -0.508 e. The van der Waals surface area contributed by atoms with Crippen LogP contribution in [0.1, 0.15) is 29.3 Å². The van der Waals surface area contributed by atoms with Gasteiger partial charge in [0.1, 0.15) is 11.8 Å². The molecule has 3 atom stereocenters. The Kier molecular flexibility index (Phi) is 5.51. The van der Waals surface area contributed by atoms with E-state index in [4.69, 9.17) is 5.73 Å². The van der Waals surface area contributed by atoms with Crippen LogP contribution >= 0.6 is 0 Å². The van der Waals surface area contributed by atoms with Crippen molar-refractivity contribution in [2.24, 2.45) is 5.73 Å². The lowest BCUT2D eigenvalue weighted by atomic mass is 9.79. The summed E-state index contributed by atoms with van der Waals surface area (Å²) >= 11 is 0. The van der Waals surface area contributed by atoms with Crippen LogP contribution in [-0.4, -0.2) is 33.0 Å². The number of nitrogens with two attached hydrogens (primary N) is 1. The van der Waals surface area contributed by atoms with E-state index in [1.165, 1.54) is 36.4 Å². The standard InChI is InChI=1S/C18H20N2O5/c1-2-18(23,13-8-10-14(21)11-9-13)17(20(24)25)15(19)16(22)12-6-4-3-5-7-12/h3-11,15,17,21,23H,2,19H2,1H3. The molecule has 0 saturated carbocycles. The SMILES string of the molecule is CCC(O)(c1ccc(O)cc1)C(C(N)C(=O)c1ccccc1)[N+](=O)[O-]. The topological polar surface area (TPSA) is 127 Å². The average Bonchev–Trinajstić information content (AvgIpc) is 2.61. The van der Waals surface area contributed by atoms with Gasteiger partial charge in [-0.3, -0.25) is 14.9 Å². The lowest BCUT2D eigenvalue weighted by Crippen LogP contribution is -2.57. The number of nitrogens with zero attached hydrogens (tertiary/aromatic N) is 1. The van der Waals surface area contributed by atoms with Gasteiger partial charge in [0.25, 0.3) is 6.04 Å². The summed E-state index contributed by atoms with van der Waals surface area (Å²) in [6.45, 7) is 1.57. The third kappa shape index (κ3) is 3.67. The summed E-state index contributed by atoms with van der Waals surface area (Å²) in [5.41, 5.74) is 4.42. The Labute approximate surface area is 144 Å². The number of hydrogen-bond donors (Lipinski definition) is 3. The number of benzene rings is 2. The smallest absolute Gasteiger partial charge is 0.267 e. The normalized spacial score (nSPS) is 15.8. The molecule has 2 rings (SSSR count). The molecule has 0 fully saturated rings. The second-order valence-corrected chi connectivity index (χ2v) is 5.81. The number of carbonyl (C=O) groups excluding carboxylic acids is 1. The molecule has 0 amide bonds. The number of nitro groups is 1. The van der Waals surface area contributed by atoms with Crippen LogP contribution in [0.2, 0.25) is 0 Å². The Hall–Kier alpha value is -2.77. The van der Waals surface area contributed by atoms with Gasteiger partial charge < -0.3 is 15.9 Å². The first-order valence-electron chi connectivity index (χ1n) is 7.81. The Morgan fingerprint density at radius 2 is 1.76 bits per heavy atom. The van der Waals surface area contributed by atoms with Gasteiger partial charge in [-0.2, -0.15) is 0 Å². The quantitative estimate of drug-likeness (QED) is 0.400. The molecule has 0 aliphatic heterocycles. The van der Waals surface area contributed by atoms with Crippen molar-refractivity contribution < 1.29 is 19.9 Å². The molecule has 7 nitrogen and oxygen atoms in total. The van der Waals surface area contributed by atoms with Gasteiger partial charge in [0.2, 0.25) is 0 Å². The molecule has 132 valence electrons. The maximum Gasteiger partial charge on any atom is 0.267 e. The predicted molar refractivity (Wildman–Crippen MR) is 91.8 cm³/mol. The third-order valence-corrected chi connectivity index (χ3v) is 4.32. The monoisotopic (exact) mass is 344 g/mol. The molecule has 4 N–H and O–H groups in total. The first-order valence-corrected chi connectivity index (χ1v) is 7.81. The van der Waals surface area contributed by atoms with Gasteiger partial charge in [-0.05, 0) is 24.1 Å². The molecule has 3 unspecified atom stereocenters. The first-order chi connectivity index (χ1) is 11.8. The van der Waals surface area contributed by atoms with Crippen LogP contribution in [0.4, 0.5) is 0 Å². The highest BCUT2D eigenvalue weighted by Crippen LogP contribution is 2.33. The zero-order valence-corrected chi connectivity index (χ0v) is 13.7. The summed E-state index contributed by atoms with van der Waals surface area (Å²) in [6, 6.07) is 10.1. The molecular formula is C18H20N2O5. The van der Waals surface area contributed by atoms with E-state index in [-0.39, 0.29) is 23.3 Å². The van der Waals surface area contributed by atoms with Gasteiger partial charge in [0.15, 0.2) is 11.4 Å². The molecule has 0 saturated heterocycles. The van der Waals surface area contributed by atoms with Crippen LogP contribution in [0.5, 0.6) is 5.75 Å². The van der Waals surface area contributed by atoms with Crippen LogP contribution in [0.3, 0.4) is 0 Å². The van der Waals surface area contributed by atoms with Crippen LogP contribution in [0, 0.1) is 10.1 Å². The molecule has 0 heterocycles. The Morgan fingerprint density at radius 1 is 1.20 bits per heavy atom. The van der Waals surface area contributed by atoms with Gasteiger partial charge in [0, 0.05) is 10.5 Å². The van der Waals surface area contributed by atoms with Gasteiger partial charge in [-0.25, -0.2) is 0 Å². The summed E-state index contributed by atoms with van der Waals surface area (Å²) in [5.74, 6) is -0.655. The van der Waals surface area contributed by atoms with Crippen molar-refractivity contribution in [3.8, 4) is 5.75 Å². The molecule has 0 bridgehead atoms. The molecular weight excluding hydrogens is 324 g/mol. The zero-order valence-electron chi connectivity index (χ0n) is 13.7. The van der Waals surface area contributed by atoms with E-state index in [1.807, 2.05) is 0 Å². The van der Waals surface area contributed by atoms with Crippen molar-refractivity contribution >= 4 is 5.78 Å². The van der Waals surface area contributed by atoms with Crippen molar-refractivity contribution in [3.63, 3.8) is 0 Å². The highest BCUT2D eigenvalue weighted by Gasteiger charge is 2.51. The van der Waals surface area contributed by atoms with Crippen molar-refractivity contribution in [2.45, 2.75) is 31.0 Å². The van der Waals surface area contributed by atoms with Gasteiger partial charge >= 0.3 is 0 Å². The molecule has 0 spiro atoms. The van der Waals surface area contributed by atoms with E-state index in [2.05, 4.69) is 0 Å². The van der Waals surface area contributed by atoms with Gasteiger partial charge in [-0.15, -0.1) is 0 Å². The maximum atomic E-state index is 12.6. The number of phenolic OH excluding ortho intramolecular Hbond substituents is 1. The van der Waals surface area contributed by atoms with E-state index in [0.29, 0.717) is 0 Å². The number of Topliss-reactive ketones (excluding diaryl/α,β-unsaturated/α-hetero) is 1. The summed E-state index contributed by atoms with van der Waals surface area (Å²) in [7, 11) is 0. The molecule has 0 aliphatic rings. The molecule has 25 heavy (non-hydrogen) atoms. The summed E-state index contributed by atoms with van der Waals surface area (Å²) in [5, 5.41) is 32.1. The molecule has 0 aromatic heterocycles. The largest absolute Gasteiger partial charge is 0.508 e. The highest BCUT2D eigenvalue weighted by atomic mass is 16.6. The van der Waals surface area contributed by atoms with Crippen molar-refractivity contribution in [1.29, 1.82) is 0 Å². The molecule has 7 heteroatoms. The van der Waals surface area contributed by atoms with Crippen LogP contribution in [0.25, 0.3) is 0 Å². The van der Waals surface area contributed by atoms with Crippen molar-refractivity contribution in [3.05, 3.63) is 75.8 Å². The number of aliphatic hydroxyl groups is 1. The van der Waals surface area contributed by atoms with Gasteiger partial charge in [-0.1, -0.05) is 49.4 Å². The molecule has 0 radical (unpaired) electrons. The van der Waals surface area contributed by atoms with Crippen LogP contribution in [-0.2, 0) is 5.60 Å². The molecule has 2 aromatic carbocycles. The predicted octanol–water partition coefficient (Wildman–Crippen LogP) is 1.85. The summed E-state index contributed by atoms with van der Waals surface area (Å²) in [4.78, 5) is 23.5. The summed E-state index contributed by atoms with van der Waals surface area (Å²) in [6.07, 6.45) is -0.0286. The fourth-order valence-electron chi connectivity index (χ4n) is 2.87. The Balaban J connectivity index is 2.45. The zero-order chi connectivity index (χ0) is 18.6. The summed E-state index contributed by atoms with van der Waals surface area (Å²) < 4.78 is 0. The average molecular weight is 344 g/mol. The number of carbonyl (C=O) groups is 1. The lowest BCUT2D eigenvalue weighted by Gasteiger charge is -2.32. The van der Waals surface area contributed by atoms with Crippen molar-refractivity contribution in [1.82, 2.24) is 0 Å². The number of phenols is 1. The Bertz CT molecular complexity index is 748. The van der Waals surface area contributed by atoms with E-state index in [1.54, 1.807) is 25.1 Å². The maximum absolute atomic E-state index is 12.6. The van der Waals surface area contributed by atoms with Gasteiger partial charge in [0.05, 0.1) is 0 Å². The van der Waals surface area contributed by atoms with E-state index in [9.17, 15) is 25.1 Å². The van der Waals surface area contributed by atoms with E-state index < -0.39 is 28.4 Å². The second-order valence-electron chi connectivity index (χ2n) is 5.81. The minimum atomic E-state index is -1.96. The lowest BCUT2D eigenvalue weighted by molar-refractivity contribution is -0.549. The fraction of sp³-hybridized carbons (Fsp3) is 0.278. The highest BCUT2D eigenvalue weighted by molar-refractivity contribution is 6.00. The van der Waals surface area contributed by atoms with E-state index in [0.717, 1.165) is 0 Å². The molecule has 0 aliphatic carbocycles. The first kappa shape index (κ1) is 18.6. The molecule has 2 aromatic rings. The van der Waals surface area contributed by atoms with Crippen molar-refractivity contribution in [2.75, 3.05) is 0 Å². The Morgan fingerprint density at radius 3 is 2.24 bits per heavy atom. The van der Waals surface area contributed by atoms with Crippen LogP contribution in [0.15, 0.2) is 54.6 Å².